The fraction of sp³-hybridized carbons (Fsp3) is 0.156. The summed E-state index contributed by atoms with van der Waals surface area (Å²) in [6.45, 7) is 4.10. The first-order chi connectivity index (χ1) is 20.4. The molecular formula is C32H30N6O3S. The van der Waals surface area contributed by atoms with Crippen molar-refractivity contribution in [1.82, 2.24) is 4.90 Å². The Kier molecular flexibility index (Phi) is 7.72. The van der Waals surface area contributed by atoms with Crippen LogP contribution in [0.4, 0.5) is 32.5 Å². The summed E-state index contributed by atoms with van der Waals surface area (Å²) in [5, 5.41) is 14.2. The lowest BCUT2D eigenvalue weighted by molar-refractivity contribution is -0.110. The van der Waals surface area contributed by atoms with Crippen LogP contribution in [0, 0.1) is 0 Å². The van der Waals surface area contributed by atoms with Gasteiger partial charge in [0.2, 0.25) is 0 Å². The Labute approximate surface area is 247 Å². The molecule has 1 aromatic heterocycles. The smallest absolute Gasteiger partial charge is 0.324 e. The molecule has 3 aromatic carbocycles. The third kappa shape index (κ3) is 6.04. The quantitative estimate of drug-likeness (QED) is 0.164. The highest BCUT2D eigenvalue weighted by Gasteiger charge is 2.25. The number of anilines is 5. The van der Waals surface area contributed by atoms with Gasteiger partial charge < -0.3 is 25.8 Å². The van der Waals surface area contributed by atoms with Crippen molar-refractivity contribution in [2.75, 3.05) is 59.4 Å². The zero-order valence-corrected chi connectivity index (χ0v) is 23.8. The van der Waals surface area contributed by atoms with E-state index < -0.39 is 0 Å². The zero-order valence-electron chi connectivity index (χ0n) is 23.0. The molecular weight excluding hydrogens is 548 g/mol. The predicted molar refractivity (Wildman–Crippen MR) is 170 cm³/mol. The fourth-order valence-corrected chi connectivity index (χ4v) is 5.61. The fourth-order valence-electron chi connectivity index (χ4n) is 5.00. The summed E-state index contributed by atoms with van der Waals surface area (Å²) < 4.78 is 0. The third-order valence-corrected chi connectivity index (χ3v) is 8.11. The first kappa shape index (κ1) is 27.3. The first-order valence-electron chi connectivity index (χ1n) is 13.7. The number of nitrogens with zero attached hydrogens (tertiary/aromatic N) is 2. The van der Waals surface area contributed by atoms with Crippen molar-refractivity contribution in [3.8, 4) is 0 Å². The first-order valence-corrected chi connectivity index (χ1v) is 14.5. The number of fused-ring (bicyclic) bond motifs is 1. The van der Waals surface area contributed by atoms with Crippen LogP contribution in [0.1, 0.15) is 21.5 Å². The highest BCUT2D eigenvalue weighted by Crippen LogP contribution is 2.33. The second-order valence-electron chi connectivity index (χ2n) is 10.2. The van der Waals surface area contributed by atoms with E-state index in [1.807, 2.05) is 23.6 Å². The molecule has 4 N–H and O–H groups in total. The Morgan fingerprint density at radius 1 is 0.857 bits per heavy atom. The van der Waals surface area contributed by atoms with Gasteiger partial charge in [-0.1, -0.05) is 24.3 Å². The predicted octanol–water partition coefficient (Wildman–Crippen LogP) is 5.78. The van der Waals surface area contributed by atoms with Gasteiger partial charge in [0.05, 0.1) is 10.6 Å². The van der Waals surface area contributed by atoms with E-state index in [-0.39, 0.29) is 17.7 Å². The van der Waals surface area contributed by atoms with Crippen LogP contribution >= 0.6 is 11.3 Å². The maximum absolute atomic E-state index is 13.3. The maximum Gasteiger partial charge on any atom is 0.324 e. The molecule has 9 nitrogen and oxygen atoms in total. The largest absolute Gasteiger partial charge is 0.369 e. The Morgan fingerprint density at radius 3 is 2.40 bits per heavy atom. The van der Waals surface area contributed by atoms with Crippen LogP contribution in [-0.4, -0.2) is 55.8 Å². The maximum atomic E-state index is 13.3. The highest BCUT2D eigenvalue weighted by molar-refractivity contribution is 7.14. The lowest BCUT2D eigenvalue weighted by atomic mass is 9.99. The van der Waals surface area contributed by atoms with E-state index >= 15 is 0 Å². The Hall–Kier alpha value is -4.93. The molecule has 2 aliphatic rings. The molecule has 4 aromatic rings. The number of urea groups is 1. The number of hydrogen-bond donors (Lipinski definition) is 4. The number of benzene rings is 3. The van der Waals surface area contributed by atoms with Gasteiger partial charge in [0.25, 0.3) is 5.91 Å². The number of nitrogens with one attached hydrogen (secondary N) is 4. The molecule has 3 amide bonds. The number of rotatable bonds is 7. The normalized spacial score (nSPS) is 15.7. The average Bonchev–Trinajstić information content (AvgIpc) is 3.62. The Morgan fingerprint density at radius 2 is 1.64 bits per heavy atom. The molecule has 0 saturated carbocycles. The van der Waals surface area contributed by atoms with Crippen LogP contribution in [0.25, 0.3) is 5.57 Å². The van der Waals surface area contributed by atoms with Crippen molar-refractivity contribution in [3.05, 3.63) is 107 Å². The summed E-state index contributed by atoms with van der Waals surface area (Å²) in [4.78, 5) is 43.1. The molecule has 1 saturated heterocycles. The van der Waals surface area contributed by atoms with Gasteiger partial charge in [-0.25, -0.2) is 4.79 Å². The molecule has 2 aliphatic heterocycles. The van der Waals surface area contributed by atoms with Crippen LogP contribution in [-0.2, 0) is 4.79 Å². The number of hydrogen-bond acceptors (Lipinski definition) is 7. The average molecular weight is 579 g/mol. The molecule has 10 heteroatoms. The second kappa shape index (κ2) is 11.9. The minimum Gasteiger partial charge on any atom is -0.369 e. The topological polar surface area (TPSA) is 106 Å². The van der Waals surface area contributed by atoms with E-state index in [1.54, 1.807) is 54.7 Å². The second-order valence-corrected chi connectivity index (χ2v) is 11.2. The lowest BCUT2D eigenvalue weighted by Crippen LogP contribution is -2.44. The van der Waals surface area contributed by atoms with Gasteiger partial charge in [-0.15, -0.1) is 11.3 Å². The molecule has 0 spiro atoms. The summed E-state index contributed by atoms with van der Waals surface area (Å²) in [5.74, 6) is -0.454. The highest BCUT2D eigenvalue weighted by atomic mass is 32.1. The van der Waals surface area contributed by atoms with Gasteiger partial charge >= 0.3 is 6.03 Å². The van der Waals surface area contributed by atoms with Crippen LogP contribution < -0.4 is 26.2 Å². The number of thiophene rings is 1. The summed E-state index contributed by atoms with van der Waals surface area (Å²) in [7, 11) is 2.14. The molecule has 212 valence electrons. The van der Waals surface area contributed by atoms with E-state index in [9.17, 15) is 14.4 Å². The third-order valence-electron chi connectivity index (χ3n) is 7.32. The van der Waals surface area contributed by atoms with Crippen LogP contribution in [0.3, 0.4) is 0 Å². The number of carbonyl (C=O) groups excluding carboxylic acids is 3. The van der Waals surface area contributed by atoms with E-state index in [0.29, 0.717) is 28.1 Å². The van der Waals surface area contributed by atoms with Crippen molar-refractivity contribution in [2.45, 2.75) is 0 Å². The minimum atomic E-state index is -0.388. The van der Waals surface area contributed by atoms with E-state index in [2.05, 4.69) is 50.2 Å². The standard InChI is InChI=1S/C32H30N6O3S/c1-37-13-15-38(16-14-37)25-10-8-23(9-11-25)33-20-27-26-12-7-22(19-28(26)35-31(27)40)30(39)21-4-2-5-24(18-21)34-32(41)36-29-6-3-17-42-29/h2-12,17-20,33H,13-16H2,1H3,(H,35,40)(H2,34,36,41)/b27-20+. The summed E-state index contributed by atoms with van der Waals surface area (Å²) in [6.07, 6.45) is 1.70. The van der Waals surface area contributed by atoms with E-state index in [4.69, 9.17) is 0 Å². The van der Waals surface area contributed by atoms with Gasteiger partial charge in [0, 0.05) is 71.8 Å². The molecule has 0 bridgehead atoms. The van der Waals surface area contributed by atoms with Crippen LogP contribution in [0.15, 0.2) is 90.4 Å². The van der Waals surface area contributed by atoms with Gasteiger partial charge in [0.15, 0.2) is 5.78 Å². The molecule has 0 aliphatic carbocycles. The summed E-state index contributed by atoms with van der Waals surface area (Å²) >= 11 is 1.42. The van der Waals surface area contributed by atoms with E-state index in [1.165, 1.54) is 17.0 Å². The molecule has 1 fully saturated rings. The van der Waals surface area contributed by atoms with Crippen molar-refractivity contribution in [2.24, 2.45) is 0 Å². The summed E-state index contributed by atoms with van der Waals surface area (Å²) in [5.41, 5.74) is 5.21. The summed E-state index contributed by atoms with van der Waals surface area (Å²) in [6, 6.07) is 23.4. The van der Waals surface area contributed by atoms with Crippen molar-refractivity contribution >= 4 is 62.4 Å². The number of ketones is 1. The van der Waals surface area contributed by atoms with Gasteiger partial charge in [0.1, 0.15) is 0 Å². The van der Waals surface area contributed by atoms with Crippen molar-refractivity contribution in [3.63, 3.8) is 0 Å². The SMILES string of the molecule is CN1CCN(c2ccc(N/C=C3/C(=O)Nc4cc(C(=O)c5cccc(NC(=O)Nc6cccs6)c5)ccc43)cc2)CC1. The molecule has 0 radical (unpaired) electrons. The van der Waals surface area contributed by atoms with Gasteiger partial charge in [-0.3, -0.25) is 14.9 Å². The molecule has 0 unspecified atom stereocenters. The number of likely N-dealkylation sites (N-methyl/N-ethyl adjacent to an activating group) is 1. The molecule has 42 heavy (non-hydrogen) atoms. The number of piperazine rings is 1. The number of amides is 3. The molecule has 0 atom stereocenters. The molecule has 6 rings (SSSR count). The van der Waals surface area contributed by atoms with Gasteiger partial charge in [-0.05, 0) is 67.0 Å². The monoisotopic (exact) mass is 578 g/mol. The van der Waals surface area contributed by atoms with Crippen molar-refractivity contribution in [1.29, 1.82) is 0 Å². The lowest BCUT2D eigenvalue weighted by Gasteiger charge is -2.34. The van der Waals surface area contributed by atoms with Crippen LogP contribution in [0.5, 0.6) is 0 Å². The number of carbonyl (C=O) groups is 3. The molecule has 3 heterocycles. The van der Waals surface area contributed by atoms with Crippen molar-refractivity contribution < 1.29 is 14.4 Å². The van der Waals surface area contributed by atoms with Crippen LogP contribution in [0.2, 0.25) is 0 Å². The van der Waals surface area contributed by atoms with Gasteiger partial charge in [-0.2, -0.15) is 0 Å². The minimum absolute atomic E-state index is 0.217. The van der Waals surface area contributed by atoms with E-state index in [0.717, 1.165) is 42.4 Å². The zero-order chi connectivity index (χ0) is 29.1. The Balaban J connectivity index is 1.12. The Bertz CT molecular complexity index is 1660.